The standard InChI is InChI=1S/C21H19BO/c1-22-11-10-17-7-6-15(12-20(17)22)13-21(23)19-9-8-16-4-2-3-5-18(16)14-19/h2-9,12,14H,10-11,13H2,1H3. The summed E-state index contributed by atoms with van der Waals surface area (Å²) in [5, 5.41) is 2.30. The Hall–Kier alpha value is -2.35. The van der Waals surface area contributed by atoms with Crippen molar-refractivity contribution in [1.29, 1.82) is 0 Å². The Morgan fingerprint density at radius 3 is 2.70 bits per heavy atom. The molecule has 0 saturated carbocycles. The van der Waals surface area contributed by atoms with E-state index in [2.05, 4.69) is 37.2 Å². The maximum absolute atomic E-state index is 12.6. The summed E-state index contributed by atoms with van der Waals surface area (Å²) in [6.07, 6.45) is 2.89. The van der Waals surface area contributed by atoms with Crippen molar-refractivity contribution in [2.75, 3.05) is 0 Å². The van der Waals surface area contributed by atoms with Gasteiger partial charge in [0.1, 0.15) is 0 Å². The molecule has 0 fully saturated rings. The molecule has 4 rings (SSSR count). The van der Waals surface area contributed by atoms with Crippen molar-refractivity contribution in [2.45, 2.75) is 26.0 Å². The third-order valence-corrected chi connectivity index (χ3v) is 5.02. The largest absolute Gasteiger partial charge is 0.294 e. The van der Waals surface area contributed by atoms with Crippen LogP contribution in [-0.4, -0.2) is 12.5 Å². The van der Waals surface area contributed by atoms with Crippen LogP contribution >= 0.6 is 0 Å². The Morgan fingerprint density at radius 2 is 1.83 bits per heavy atom. The molecule has 2 heteroatoms. The minimum Gasteiger partial charge on any atom is -0.294 e. The van der Waals surface area contributed by atoms with Crippen molar-refractivity contribution in [2.24, 2.45) is 0 Å². The van der Waals surface area contributed by atoms with E-state index in [1.54, 1.807) is 0 Å². The zero-order valence-electron chi connectivity index (χ0n) is 13.4. The normalized spacial score (nSPS) is 13.3. The fourth-order valence-corrected chi connectivity index (χ4v) is 3.62. The predicted molar refractivity (Wildman–Crippen MR) is 98.2 cm³/mol. The van der Waals surface area contributed by atoms with Gasteiger partial charge in [-0.1, -0.05) is 78.8 Å². The number of benzene rings is 3. The van der Waals surface area contributed by atoms with E-state index in [1.807, 2.05) is 30.3 Å². The van der Waals surface area contributed by atoms with Crippen LogP contribution in [0, 0.1) is 0 Å². The summed E-state index contributed by atoms with van der Waals surface area (Å²) < 4.78 is 0. The first-order valence-corrected chi connectivity index (χ1v) is 8.34. The van der Waals surface area contributed by atoms with Gasteiger partial charge in [0.25, 0.3) is 0 Å². The quantitative estimate of drug-likeness (QED) is 0.524. The van der Waals surface area contributed by atoms with E-state index in [-0.39, 0.29) is 5.78 Å². The van der Waals surface area contributed by atoms with E-state index >= 15 is 0 Å². The van der Waals surface area contributed by atoms with Crippen LogP contribution in [0.15, 0.2) is 60.7 Å². The number of rotatable bonds is 3. The van der Waals surface area contributed by atoms with Gasteiger partial charge in [-0.2, -0.15) is 0 Å². The summed E-state index contributed by atoms with van der Waals surface area (Å²) in [6, 6.07) is 20.7. The molecule has 112 valence electrons. The van der Waals surface area contributed by atoms with Gasteiger partial charge in [0.15, 0.2) is 12.5 Å². The second-order valence-corrected chi connectivity index (χ2v) is 6.63. The molecule has 0 N–H and O–H groups in total. The zero-order chi connectivity index (χ0) is 15.8. The Labute approximate surface area is 137 Å². The summed E-state index contributed by atoms with van der Waals surface area (Å²) >= 11 is 0. The van der Waals surface area contributed by atoms with Crippen molar-refractivity contribution in [1.82, 2.24) is 0 Å². The number of fused-ring (bicyclic) bond motifs is 2. The lowest BCUT2D eigenvalue weighted by molar-refractivity contribution is 0.0993. The first kappa shape index (κ1) is 14.3. The first-order valence-electron chi connectivity index (χ1n) is 8.34. The van der Waals surface area contributed by atoms with E-state index in [0.717, 1.165) is 16.5 Å². The van der Waals surface area contributed by atoms with E-state index in [9.17, 15) is 4.79 Å². The van der Waals surface area contributed by atoms with Gasteiger partial charge < -0.3 is 0 Å². The van der Waals surface area contributed by atoms with Crippen LogP contribution in [0.4, 0.5) is 0 Å². The van der Waals surface area contributed by atoms with Crippen LogP contribution < -0.4 is 5.46 Å². The molecule has 1 aliphatic heterocycles. The molecule has 3 aromatic carbocycles. The molecule has 0 aromatic heterocycles. The van der Waals surface area contributed by atoms with Crippen LogP contribution in [0.2, 0.25) is 13.1 Å². The molecule has 0 bridgehead atoms. The highest BCUT2D eigenvalue weighted by molar-refractivity contribution is 6.73. The lowest BCUT2D eigenvalue weighted by Gasteiger charge is -2.07. The van der Waals surface area contributed by atoms with Gasteiger partial charge in [0.05, 0.1) is 0 Å². The summed E-state index contributed by atoms with van der Waals surface area (Å²) in [5.41, 5.74) is 4.83. The number of hydrogen-bond acceptors (Lipinski definition) is 1. The Morgan fingerprint density at radius 1 is 1.00 bits per heavy atom. The number of aryl methyl sites for hydroxylation is 1. The highest BCUT2D eigenvalue weighted by atomic mass is 16.1. The third-order valence-electron chi connectivity index (χ3n) is 5.02. The second kappa shape index (κ2) is 5.70. The summed E-state index contributed by atoms with van der Waals surface area (Å²) in [6.45, 7) is 2.90. The number of Topliss-reactive ketones (excluding diaryl/α,β-unsaturated/α-hetero) is 1. The van der Waals surface area contributed by atoms with Crippen LogP contribution in [0.1, 0.15) is 21.5 Å². The zero-order valence-corrected chi connectivity index (χ0v) is 13.4. The fourth-order valence-electron chi connectivity index (χ4n) is 3.62. The monoisotopic (exact) mass is 298 g/mol. The number of carbonyl (C=O) groups excluding carboxylic acids is 1. The van der Waals surface area contributed by atoms with Gasteiger partial charge >= 0.3 is 0 Å². The molecule has 0 spiro atoms. The van der Waals surface area contributed by atoms with Gasteiger partial charge in [0.2, 0.25) is 0 Å². The van der Waals surface area contributed by atoms with Crippen molar-refractivity contribution >= 4 is 28.7 Å². The summed E-state index contributed by atoms with van der Waals surface area (Å²) in [5.74, 6) is 0.196. The van der Waals surface area contributed by atoms with Crippen molar-refractivity contribution in [3.63, 3.8) is 0 Å². The van der Waals surface area contributed by atoms with Gasteiger partial charge in [-0.25, -0.2) is 0 Å². The number of carbonyl (C=O) groups is 1. The number of hydrogen-bond donors (Lipinski definition) is 0. The molecule has 1 nitrogen and oxygen atoms in total. The Kier molecular flexibility index (Phi) is 3.53. The smallest absolute Gasteiger partial charge is 0.173 e. The second-order valence-electron chi connectivity index (χ2n) is 6.63. The Bertz CT molecular complexity index is 897. The highest BCUT2D eigenvalue weighted by Crippen LogP contribution is 2.19. The molecule has 1 heterocycles. The lowest BCUT2D eigenvalue weighted by Crippen LogP contribution is -2.23. The minimum absolute atomic E-state index is 0.196. The predicted octanol–water partition coefficient (Wildman–Crippen LogP) is 4.15. The average molecular weight is 298 g/mol. The molecular formula is C21H19BO. The van der Waals surface area contributed by atoms with E-state index in [4.69, 9.17) is 0 Å². The van der Waals surface area contributed by atoms with E-state index in [0.29, 0.717) is 13.1 Å². The maximum Gasteiger partial charge on any atom is 0.173 e. The van der Waals surface area contributed by atoms with Gasteiger partial charge in [0, 0.05) is 12.0 Å². The lowest BCUT2D eigenvalue weighted by atomic mass is 9.48. The van der Waals surface area contributed by atoms with Gasteiger partial charge in [-0.3, -0.25) is 4.79 Å². The van der Waals surface area contributed by atoms with Gasteiger partial charge in [-0.05, 0) is 28.8 Å². The summed E-state index contributed by atoms with van der Waals surface area (Å²) in [4.78, 5) is 12.6. The topological polar surface area (TPSA) is 17.1 Å². The molecule has 0 amide bonds. The molecule has 0 atom stereocenters. The number of ketones is 1. The molecule has 0 radical (unpaired) electrons. The molecule has 0 saturated heterocycles. The van der Waals surface area contributed by atoms with Crippen LogP contribution in [0.25, 0.3) is 10.8 Å². The van der Waals surface area contributed by atoms with E-state index in [1.165, 1.54) is 29.2 Å². The SMILES string of the molecule is CB1CCc2ccc(CC(=O)c3ccc4ccccc4c3)cc21. The summed E-state index contributed by atoms with van der Waals surface area (Å²) in [7, 11) is 0. The minimum atomic E-state index is 0.196. The van der Waals surface area contributed by atoms with E-state index < -0.39 is 0 Å². The molecule has 0 aliphatic carbocycles. The van der Waals surface area contributed by atoms with Crippen molar-refractivity contribution < 1.29 is 4.79 Å². The Balaban J connectivity index is 1.60. The molecule has 23 heavy (non-hydrogen) atoms. The van der Waals surface area contributed by atoms with Crippen LogP contribution in [-0.2, 0) is 12.8 Å². The molecular weight excluding hydrogens is 279 g/mol. The van der Waals surface area contributed by atoms with Gasteiger partial charge in [-0.15, -0.1) is 0 Å². The maximum atomic E-state index is 12.6. The van der Waals surface area contributed by atoms with Crippen molar-refractivity contribution in [3.05, 3.63) is 77.4 Å². The van der Waals surface area contributed by atoms with Crippen molar-refractivity contribution in [3.8, 4) is 0 Å². The average Bonchev–Trinajstić information content (AvgIpc) is 2.95. The van der Waals surface area contributed by atoms with Crippen LogP contribution in [0.3, 0.4) is 0 Å². The third kappa shape index (κ3) is 2.70. The molecule has 0 unspecified atom stereocenters. The highest BCUT2D eigenvalue weighted by Gasteiger charge is 2.21. The van der Waals surface area contributed by atoms with Crippen LogP contribution in [0.5, 0.6) is 0 Å². The first-order chi connectivity index (χ1) is 11.2. The fraction of sp³-hybridized carbons (Fsp3) is 0.190. The molecule has 3 aromatic rings. The molecule has 1 aliphatic rings.